The molecule has 1 aliphatic rings. The minimum Gasteiger partial charge on any atom is -0.351 e. The molecular formula is C19H24N4O. The van der Waals surface area contributed by atoms with Crippen LogP contribution >= 0.6 is 0 Å². The number of nitrogens with one attached hydrogen (secondary N) is 1. The molecule has 0 radical (unpaired) electrons. The minimum atomic E-state index is -0.108. The Morgan fingerprint density at radius 2 is 2.12 bits per heavy atom. The second-order valence-corrected chi connectivity index (χ2v) is 6.34. The number of fused-ring (bicyclic) bond motifs is 1. The first-order valence-corrected chi connectivity index (χ1v) is 8.39. The summed E-state index contributed by atoms with van der Waals surface area (Å²) in [6.07, 6.45) is 3.67. The van der Waals surface area contributed by atoms with Gasteiger partial charge in [-0.2, -0.15) is 0 Å². The SMILES string of the molecule is CN(C)CCCNC(=O)c1cc(N2CCc3ccccc32)ccn1. The third-order valence-corrected chi connectivity index (χ3v) is 4.24. The van der Waals surface area contributed by atoms with Crippen LogP contribution in [0, 0.1) is 0 Å². The first-order valence-electron chi connectivity index (χ1n) is 8.39. The average Bonchev–Trinajstić information content (AvgIpc) is 3.02. The van der Waals surface area contributed by atoms with Gasteiger partial charge in [0.05, 0.1) is 0 Å². The molecule has 0 saturated carbocycles. The number of benzene rings is 1. The Bertz CT molecular complexity index is 714. The number of anilines is 2. The summed E-state index contributed by atoms with van der Waals surface area (Å²) in [5.74, 6) is -0.108. The Morgan fingerprint density at radius 1 is 1.29 bits per heavy atom. The minimum absolute atomic E-state index is 0.108. The van der Waals surface area contributed by atoms with Crippen LogP contribution in [0.4, 0.5) is 11.4 Å². The van der Waals surface area contributed by atoms with Crippen LogP contribution in [0.15, 0.2) is 42.6 Å². The Labute approximate surface area is 143 Å². The van der Waals surface area contributed by atoms with Crippen LogP contribution in [0.3, 0.4) is 0 Å². The first-order chi connectivity index (χ1) is 11.6. The zero-order valence-electron chi connectivity index (χ0n) is 14.3. The molecule has 0 saturated heterocycles. The molecular weight excluding hydrogens is 300 g/mol. The van der Waals surface area contributed by atoms with Gasteiger partial charge in [0.25, 0.3) is 5.91 Å². The molecule has 5 nitrogen and oxygen atoms in total. The van der Waals surface area contributed by atoms with E-state index in [2.05, 4.69) is 44.4 Å². The van der Waals surface area contributed by atoms with E-state index in [4.69, 9.17) is 0 Å². The van der Waals surface area contributed by atoms with Crippen LogP contribution < -0.4 is 10.2 Å². The molecule has 0 atom stereocenters. The molecule has 5 heteroatoms. The lowest BCUT2D eigenvalue weighted by molar-refractivity contribution is 0.0947. The molecule has 1 aromatic heterocycles. The highest BCUT2D eigenvalue weighted by molar-refractivity contribution is 5.93. The van der Waals surface area contributed by atoms with Gasteiger partial charge in [-0.1, -0.05) is 18.2 Å². The van der Waals surface area contributed by atoms with Gasteiger partial charge in [-0.15, -0.1) is 0 Å². The number of aromatic nitrogens is 1. The van der Waals surface area contributed by atoms with E-state index in [0.29, 0.717) is 12.2 Å². The van der Waals surface area contributed by atoms with E-state index in [-0.39, 0.29) is 5.91 Å². The van der Waals surface area contributed by atoms with E-state index in [1.165, 1.54) is 11.3 Å². The normalized spacial score (nSPS) is 13.2. The summed E-state index contributed by atoms with van der Waals surface area (Å²) < 4.78 is 0. The summed E-state index contributed by atoms with van der Waals surface area (Å²) in [7, 11) is 4.06. The number of carbonyl (C=O) groups is 1. The quantitative estimate of drug-likeness (QED) is 0.829. The van der Waals surface area contributed by atoms with Crippen molar-refractivity contribution in [3.63, 3.8) is 0 Å². The summed E-state index contributed by atoms with van der Waals surface area (Å²) in [6, 6.07) is 12.3. The van der Waals surface area contributed by atoms with Crippen molar-refractivity contribution in [3.05, 3.63) is 53.9 Å². The number of rotatable bonds is 6. The number of para-hydroxylation sites is 1. The molecule has 24 heavy (non-hydrogen) atoms. The fourth-order valence-electron chi connectivity index (χ4n) is 3.01. The smallest absolute Gasteiger partial charge is 0.269 e. The number of hydrogen-bond acceptors (Lipinski definition) is 4. The lowest BCUT2D eigenvalue weighted by Crippen LogP contribution is -2.28. The summed E-state index contributed by atoms with van der Waals surface area (Å²) in [5, 5.41) is 2.94. The topological polar surface area (TPSA) is 48.5 Å². The highest BCUT2D eigenvalue weighted by Crippen LogP contribution is 2.34. The Balaban J connectivity index is 1.68. The van der Waals surface area contributed by atoms with Crippen LogP contribution in [0.25, 0.3) is 0 Å². The standard InChI is InChI=1S/C19H24N4O/c1-22(2)12-5-10-21-19(24)17-14-16(8-11-20-17)23-13-9-15-6-3-4-7-18(15)23/h3-4,6-8,11,14H,5,9-10,12-13H2,1-2H3,(H,21,24). The van der Waals surface area contributed by atoms with Crippen molar-refractivity contribution < 1.29 is 4.79 Å². The van der Waals surface area contributed by atoms with Gasteiger partial charge in [0.2, 0.25) is 0 Å². The molecule has 1 N–H and O–H groups in total. The van der Waals surface area contributed by atoms with Crippen LogP contribution in [0.1, 0.15) is 22.5 Å². The van der Waals surface area contributed by atoms with Crippen LogP contribution in [-0.2, 0) is 6.42 Å². The van der Waals surface area contributed by atoms with E-state index in [0.717, 1.165) is 31.6 Å². The van der Waals surface area contributed by atoms with E-state index < -0.39 is 0 Å². The predicted molar refractivity (Wildman–Crippen MR) is 96.9 cm³/mol. The molecule has 0 bridgehead atoms. The maximum Gasteiger partial charge on any atom is 0.269 e. The molecule has 126 valence electrons. The van der Waals surface area contributed by atoms with Crippen molar-refractivity contribution in [3.8, 4) is 0 Å². The highest BCUT2D eigenvalue weighted by atomic mass is 16.1. The summed E-state index contributed by atoms with van der Waals surface area (Å²) >= 11 is 0. The third-order valence-electron chi connectivity index (χ3n) is 4.24. The number of hydrogen-bond donors (Lipinski definition) is 1. The van der Waals surface area contributed by atoms with Gasteiger partial charge in [-0.05, 0) is 57.2 Å². The molecule has 1 aliphatic heterocycles. The first kappa shape index (κ1) is 16.5. The molecule has 0 fully saturated rings. The van der Waals surface area contributed by atoms with E-state index in [1.807, 2.05) is 26.2 Å². The fraction of sp³-hybridized carbons (Fsp3) is 0.368. The molecule has 2 aromatic rings. The fourth-order valence-corrected chi connectivity index (χ4v) is 3.01. The molecule has 2 heterocycles. The van der Waals surface area contributed by atoms with Gasteiger partial charge in [-0.25, -0.2) is 0 Å². The second kappa shape index (κ2) is 7.45. The van der Waals surface area contributed by atoms with Gasteiger partial charge < -0.3 is 15.1 Å². The number of amides is 1. The summed E-state index contributed by atoms with van der Waals surface area (Å²) in [6.45, 7) is 2.56. The van der Waals surface area contributed by atoms with Crippen molar-refractivity contribution in [1.82, 2.24) is 15.2 Å². The molecule has 3 rings (SSSR count). The Kier molecular flexibility index (Phi) is 5.11. The predicted octanol–water partition coefficient (Wildman–Crippen LogP) is 2.46. The maximum atomic E-state index is 12.3. The van der Waals surface area contributed by atoms with Crippen molar-refractivity contribution in [1.29, 1.82) is 0 Å². The van der Waals surface area contributed by atoms with Crippen LogP contribution in [0.5, 0.6) is 0 Å². The van der Waals surface area contributed by atoms with E-state index >= 15 is 0 Å². The molecule has 1 amide bonds. The average molecular weight is 324 g/mol. The maximum absolute atomic E-state index is 12.3. The molecule has 0 spiro atoms. The number of pyridine rings is 1. The number of carbonyl (C=O) groups excluding carboxylic acids is 1. The Hall–Kier alpha value is -2.40. The zero-order valence-corrected chi connectivity index (χ0v) is 14.3. The largest absolute Gasteiger partial charge is 0.351 e. The van der Waals surface area contributed by atoms with Crippen molar-refractivity contribution in [2.75, 3.05) is 38.6 Å². The molecule has 1 aromatic carbocycles. The second-order valence-electron chi connectivity index (χ2n) is 6.34. The lowest BCUT2D eigenvalue weighted by atomic mass is 10.2. The number of nitrogens with zero attached hydrogens (tertiary/aromatic N) is 3. The van der Waals surface area contributed by atoms with Crippen LogP contribution in [-0.4, -0.2) is 49.5 Å². The van der Waals surface area contributed by atoms with Gasteiger partial charge in [0, 0.05) is 30.7 Å². The van der Waals surface area contributed by atoms with E-state index in [1.54, 1.807) is 6.20 Å². The van der Waals surface area contributed by atoms with Crippen LogP contribution in [0.2, 0.25) is 0 Å². The molecule has 0 aliphatic carbocycles. The van der Waals surface area contributed by atoms with Crippen molar-refractivity contribution in [2.24, 2.45) is 0 Å². The van der Waals surface area contributed by atoms with Gasteiger partial charge in [-0.3, -0.25) is 9.78 Å². The van der Waals surface area contributed by atoms with Crippen molar-refractivity contribution >= 4 is 17.3 Å². The Morgan fingerprint density at radius 3 is 2.96 bits per heavy atom. The van der Waals surface area contributed by atoms with Gasteiger partial charge in [0.15, 0.2) is 0 Å². The highest BCUT2D eigenvalue weighted by Gasteiger charge is 2.20. The van der Waals surface area contributed by atoms with Gasteiger partial charge in [0.1, 0.15) is 5.69 Å². The lowest BCUT2D eigenvalue weighted by Gasteiger charge is -2.20. The van der Waals surface area contributed by atoms with Crippen molar-refractivity contribution in [2.45, 2.75) is 12.8 Å². The van der Waals surface area contributed by atoms with Gasteiger partial charge >= 0.3 is 0 Å². The summed E-state index contributed by atoms with van der Waals surface area (Å²) in [5.41, 5.74) is 4.07. The third kappa shape index (κ3) is 3.74. The molecule has 0 unspecified atom stereocenters. The zero-order chi connectivity index (χ0) is 16.9. The van der Waals surface area contributed by atoms with E-state index in [9.17, 15) is 4.79 Å². The monoisotopic (exact) mass is 324 g/mol. The summed E-state index contributed by atoms with van der Waals surface area (Å²) in [4.78, 5) is 20.9.